The Hall–Kier alpha value is -1.01. The van der Waals surface area contributed by atoms with Crippen LogP contribution in [0.5, 0.6) is 0 Å². The van der Waals surface area contributed by atoms with E-state index in [-0.39, 0.29) is 0 Å². The van der Waals surface area contributed by atoms with Gasteiger partial charge in [0.2, 0.25) is 0 Å². The molecule has 0 saturated carbocycles. The van der Waals surface area contributed by atoms with Gasteiger partial charge >= 0.3 is 5.97 Å². The predicted molar refractivity (Wildman–Crippen MR) is 82.7 cm³/mol. The molecular formula is C17H30O3. The van der Waals surface area contributed by atoms with Crippen LogP contribution < -0.4 is 0 Å². The summed E-state index contributed by atoms with van der Waals surface area (Å²) in [6, 6.07) is 0. The fourth-order valence-electron chi connectivity index (χ4n) is 2.07. The van der Waals surface area contributed by atoms with Crippen LogP contribution in [-0.2, 0) is 9.53 Å². The molecule has 1 N–H and O–H groups in total. The van der Waals surface area contributed by atoms with Crippen LogP contribution in [0.15, 0.2) is 0 Å². The molecular weight excluding hydrogens is 252 g/mol. The lowest BCUT2D eigenvalue weighted by molar-refractivity contribution is -0.148. The molecule has 0 bridgehead atoms. The molecule has 0 saturated heterocycles. The SMILES string of the molecule is CCCCCCCCCC#CCCCC(OC)C(=O)O. The van der Waals surface area contributed by atoms with Gasteiger partial charge in [-0.25, -0.2) is 4.79 Å². The van der Waals surface area contributed by atoms with E-state index in [9.17, 15) is 4.79 Å². The second-order valence-electron chi connectivity index (χ2n) is 5.18. The van der Waals surface area contributed by atoms with Gasteiger partial charge in [-0.1, -0.05) is 45.4 Å². The second-order valence-corrected chi connectivity index (χ2v) is 5.18. The molecule has 0 amide bonds. The van der Waals surface area contributed by atoms with Crippen LogP contribution in [0.4, 0.5) is 0 Å². The Balaban J connectivity index is 3.35. The van der Waals surface area contributed by atoms with Gasteiger partial charge in [0.1, 0.15) is 0 Å². The highest BCUT2D eigenvalue weighted by Gasteiger charge is 2.14. The summed E-state index contributed by atoms with van der Waals surface area (Å²) in [7, 11) is 1.44. The summed E-state index contributed by atoms with van der Waals surface area (Å²) in [6.07, 6.45) is 11.6. The zero-order valence-electron chi connectivity index (χ0n) is 13.1. The summed E-state index contributed by atoms with van der Waals surface area (Å²) < 4.78 is 4.86. The first-order valence-corrected chi connectivity index (χ1v) is 7.93. The van der Waals surface area contributed by atoms with Crippen molar-refractivity contribution in [3.8, 4) is 11.8 Å². The van der Waals surface area contributed by atoms with Crippen molar-refractivity contribution in [2.75, 3.05) is 7.11 Å². The Labute approximate surface area is 124 Å². The molecule has 0 aromatic heterocycles. The fourth-order valence-corrected chi connectivity index (χ4v) is 2.07. The number of carbonyl (C=O) groups is 1. The number of aliphatic carboxylic acids is 1. The third-order valence-electron chi connectivity index (χ3n) is 3.36. The van der Waals surface area contributed by atoms with Gasteiger partial charge in [0, 0.05) is 20.0 Å². The Morgan fingerprint density at radius 3 is 2.10 bits per heavy atom. The minimum Gasteiger partial charge on any atom is -0.479 e. The van der Waals surface area contributed by atoms with Crippen LogP contribution in [0.25, 0.3) is 0 Å². The molecule has 0 aliphatic rings. The zero-order valence-corrected chi connectivity index (χ0v) is 13.1. The van der Waals surface area contributed by atoms with Gasteiger partial charge in [-0.05, 0) is 19.3 Å². The molecule has 1 unspecified atom stereocenters. The summed E-state index contributed by atoms with van der Waals surface area (Å²) in [5.41, 5.74) is 0. The number of hydrogen-bond acceptors (Lipinski definition) is 2. The van der Waals surface area contributed by atoms with Crippen molar-refractivity contribution in [1.82, 2.24) is 0 Å². The van der Waals surface area contributed by atoms with Crippen molar-refractivity contribution in [3.05, 3.63) is 0 Å². The average Bonchev–Trinajstić information content (AvgIpc) is 2.43. The van der Waals surface area contributed by atoms with E-state index in [0.717, 1.165) is 19.3 Å². The molecule has 0 aromatic carbocycles. The molecule has 0 heterocycles. The van der Waals surface area contributed by atoms with Gasteiger partial charge < -0.3 is 9.84 Å². The minimum absolute atomic E-state index is 0.540. The van der Waals surface area contributed by atoms with E-state index in [4.69, 9.17) is 9.84 Å². The smallest absolute Gasteiger partial charge is 0.332 e. The third-order valence-corrected chi connectivity index (χ3v) is 3.36. The van der Waals surface area contributed by atoms with E-state index < -0.39 is 12.1 Å². The largest absolute Gasteiger partial charge is 0.479 e. The third kappa shape index (κ3) is 12.0. The van der Waals surface area contributed by atoms with Crippen LogP contribution in [-0.4, -0.2) is 24.3 Å². The Bertz CT molecular complexity index is 288. The lowest BCUT2D eigenvalue weighted by Gasteiger charge is -2.07. The minimum atomic E-state index is -0.886. The molecule has 3 heteroatoms. The lowest BCUT2D eigenvalue weighted by atomic mass is 10.1. The molecule has 20 heavy (non-hydrogen) atoms. The summed E-state index contributed by atoms with van der Waals surface area (Å²) in [6.45, 7) is 2.24. The van der Waals surface area contributed by atoms with Crippen LogP contribution in [0.1, 0.15) is 77.6 Å². The number of ether oxygens (including phenoxy) is 1. The van der Waals surface area contributed by atoms with Gasteiger partial charge in [0.25, 0.3) is 0 Å². The van der Waals surface area contributed by atoms with E-state index >= 15 is 0 Å². The maximum absolute atomic E-state index is 10.7. The van der Waals surface area contributed by atoms with E-state index in [1.165, 1.54) is 52.1 Å². The first-order chi connectivity index (χ1) is 9.72. The Morgan fingerprint density at radius 1 is 1.00 bits per heavy atom. The summed E-state index contributed by atoms with van der Waals surface area (Å²) in [5.74, 6) is 5.40. The maximum atomic E-state index is 10.7. The molecule has 0 spiro atoms. The molecule has 0 aliphatic heterocycles. The van der Waals surface area contributed by atoms with Crippen molar-refractivity contribution in [2.24, 2.45) is 0 Å². The van der Waals surface area contributed by atoms with Crippen molar-refractivity contribution in [1.29, 1.82) is 0 Å². The first-order valence-electron chi connectivity index (χ1n) is 7.93. The first kappa shape index (κ1) is 19.0. The molecule has 116 valence electrons. The monoisotopic (exact) mass is 282 g/mol. The molecule has 1 atom stereocenters. The van der Waals surface area contributed by atoms with Crippen molar-refractivity contribution in [3.63, 3.8) is 0 Å². The number of unbranched alkanes of at least 4 members (excludes halogenated alkanes) is 8. The average molecular weight is 282 g/mol. The Morgan fingerprint density at radius 2 is 1.55 bits per heavy atom. The number of rotatable bonds is 12. The maximum Gasteiger partial charge on any atom is 0.332 e. The number of hydrogen-bond donors (Lipinski definition) is 1. The predicted octanol–water partition coefficient (Wildman–Crippen LogP) is 4.40. The second kappa shape index (κ2) is 14.4. The van der Waals surface area contributed by atoms with Crippen molar-refractivity contribution >= 4 is 5.97 Å². The van der Waals surface area contributed by atoms with E-state index in [1.807, 2.05) is 0 Å². The number of methoxy groups -OCH3 is 1. The Kier molecular flexibility index (Phi) is 13.7. The summed E-state index contributed by atoms with van der Waals surface area (Å²) in [5, 5.41) is 8.79. The van der Waals surface area contributed by atoms with Gasteiger partial charge in [-0.3, -0.25) is 0 Å². The number of carboxylic acids is 1. The van der Waals surface area contributed by atoms with Crippen molar-refractivity contribution in [2.45, 2.75) is 83.7 Å². The molecule has 0 radical (unpaired) electrons. The highest BCUT2D eigenvalue weighted by Crippen LogP contribution is 2.08. The number of carboxylic acid groups (broad SMARTS) is 1. The molecule has 0 aliphatic carbocycles. The molecule has 3 nitrogen and oxygen atoms in total. The van der Waals surface area contributed by atoms with Gasteiger partial charge in [0.15, 0.2) is 6.10 Å². The summed E-state index contributed by atoms with van der Waals surface area (Å²) in [4.78, 5) is 10.7. The fraction of sp³-hybridized carbons (Fsp3) is 0.824. The van der Waals surface area contributed by atoms with Crippen LogP contribution >= 0.6 is 0 Å². The molecule has 0 aromatic rings. The van der Waals surface area contributed by atoms with Crippen LogP contribution in [0, 0.1) is 11.8 Å². The van der Waals surface area contributed by atoms with Crippen LogP contribution in [0.2, 0.25) is 0 Å². The lowest BCUT2D eigenvalue weighted by Crippen LogP contribution is -2.21. The van der Waals surface area contributed by atoms with E-state index in [0.29, 0.717) is 6.42 Å². The topological polar surface area (TPSA) is 46.5 Å². The highest BCUT2D eigenvalue weighted by atomic mass is 16.5. The zero-order chi connectivity index (χ0) is 15.1. The van der Waals surface area contributed by atoms with Gasteiger partial charge in [-0.15, -0.1) is 11.8 Å². The van der Waals surface area contributed by atoms with Crippen molar-refractivity contribution < 1.29 is 14.6 Å². The van der Waals surface area contributed by atoms with Crippen LogP contribution in [0.3, 0.4) is 0 Å². The molecule has 0 fully saturated rings. The van der Waals surface area contributed by atoms with E-state index in [2.05, 4.69) is 18.8 Å². The van der Waals surface area contributed by atoms with Gasteiger partial charge in [0.05, 0.1) is 0 Å². The molecule has 0 rings (SSSR count). The highest BCUT2D eigenvalue weighted by molar-refractivity contribution is 5.72. The standard InChI is InChI=1S/C17H30O3/c1-3-4-5-6-7-8-9-10-11-12-13-14-15-16(20-2)17(18)19/h16H,3-10,13-15H2,1-2H3,(H,18,19). The quantitative estimate of drug-likeness (QED) is 0.426. The normalized spacial score (nSPS) is 11.7. The van der Waals surface area contributed by atoms with E-state index in [1.54, 1.807) is 0 Å². The summed E-state index contributed by atoms with van der Waals surface area (Å²) >= 11 is 0. The van der Waals surface area contributed by atoms with Gasteiger partial charge in [-0.2, -0.15) is 0 Å².